The van der Waals surface area contributed by atoms with Gasteiger partial charge in [0.25, 0.3) is 0 Å². The van der Waals surface area contributed by atoms with Gasteiger partial charge in [-0.15, -0.1) is 0 Å². The van der Waals surface area contributed by atoms with Crippen molar-refractivity contribution in [3.63, 3.8) is 0 Å². The molecule has 2 heteroatoms. The fraction of sp³-hybridized carbons (Fsp3) is 1.00. The molecular weight excluding hydrogens is 179 g/mol. The van der Waals surface area contributed by atoms with Crippen molar-refractivity contribution in [3.05, 3.63) is 0 Å². The van der Waals surface area contributed by atoms with Crippen LogP contribution in [0.2, 0.25) is 0 Å². The van der Waals surface area contributed by atoms with Crippen molar-refractivity contribution in [1.29, 1.82) is 0 Å². The van der Waals surface area contributed by atoms with Gasteiger partial charge in [0.1, 0.15) is 0 Å². The fourth-order valence-electron chi connectivity index (χ4n) is 2.14. The van der Waals surface area contributed by atoms with Gasteiger partial charge in [-0.3, -0.25) is 0 Å². The quantitative estimate of drug-likeness (QED) is 0.484. The SMILES string of the molecule is CCCCCCP1(=O)CCCCC1. The molecule has 0 aromatic heterocycles. The molecule has 1 rings (SSSR count). The highest BCUT2D eigenvalue weighted by molar-refractivity contribution is 7.63. The third kappa shape index (κ3) is 4.31. The van der Waals surface area contributed by atoms with E-state index in [9.17, 15) is 4.57 Å². The van der Waals surface area contributed by atoms with E-state index in [1.54, 1.807) is 0 Å². The van der Waals surface area contributed by atoms with Crippen molar-refractivity contribution in [2.45, 2.75) is 51.9 Å². The zero-order valence-corrected chi connectivity index (χ0v) is 9.82. The molecule has 0 aromatic rings. The number of unbranched alkanes of at least 4 members (excludes halogenated alkanes) is 3. The summed E-state index contributed by atoms with van der Waals surface area (Å²) >= 11 is 0. The molecule has 0 N–H and O–H groups in total. The molecule has 0 aliphatic carbocycles. The van der Waals surface area contributed by atoms with Gasteiger partial charge in [0.05, 0.1) is 7.14 Å². The normalized spacial score (nSPS) is 21.6. The second kappa shape index (κ2) is 5.86. The van der Waals surface area contributed by atoms with Gasteiger partial charge in [-0.1, -0.05) is 32.6 Å². The van der Waals surface area contributed by atoms with E-state index in [0.29, 0.717) is 0 Å². The van der Waals surface area contributed by atoms with E-state index in [1.807, 2.05) is 0 Å². The Morgan fingerprint density at radius 1 is 1.00 bits per heavy atom. The fourth-order valence-corrected chi connectivity index (χ4v) is 5.21. The molecule has 0 spiro atoms. The lowest BCUT2D eigenvalue weighted by molar-refractivity contribution is 0.555. The summed E-state index contributed by atoms with van der Waals surface area (Å²) in [6.45, 7) is 2.22. The lowest BCUT2D eigenvalue weighted by atomic mass is 10.2. The minimum atomic E-state index is -1.65. The van der Waals surface area contributed by atoms with Crippen molar-refractivity contribution < 1.29 is 4.57 Å². The highest BCUT2D eigenvalue weighted by Gasteiger charge is 2.23. The Bertz CT molecular complexity index is 167. The van der Waals surface area contributed by atoms with E-state index in [1.165, 1.54) is 44.9 Å². The molecule has 1 heterocycles. The summed E-state index contributed by atoms with van der Waals surface area (Å²) in [6.07, 6.45) is 12.0. The van der Waals surface area contributed by atoms with Crippen LogP contribution < -0.4 is 0 Å². The van der Waals surface area contributed by atoms with Crippen LogP contribution in [0.1, 0.15) is 51.9 Å². The van der Waals surface area contributed by atoms with Crippen molar-refractivity contribution in [1.82, 2.24) is 0 Å². The summed E-state index contributed by atoms with van der Waals surface area (Å²) in [5.74, 6) is 0. The molecule has 1 nitrogen and oxygen atoms in total. The molecule has 78 valence electrons. The van der Waals surface area contributed by atoms with E-state index in [4.69, 9.17) is 0 Å². The molecule has 0 amide bonds. The van der Waals surface area contributed by atoms with Gasteiger partial charge in [0.2, 0.25) is 0 Å². The molecule has 0 aromatic carbocycles. The van der Waals surface area contributed by atoms with Gasteiger partial charge in [0, 0.05) is 18.5 Å². The van der Waals surface area contributed by atoms with Gasteiger partial charge in [-0.25, -0.2) is 0 Å². The van der Waals surface area contributed by atoms with Crippen LogP contribution in [0.4, 0.5) is 0 Å². The van der Waals surface area contributed by atoms with Crippen molar-refractivity contribution in [3.8, 4) is 0 Å². The van der Waals surface area contributed by atoms with Crippen molar-refractivity contribution in [2.24, 2.45) is 0 Å². The molecule has 1 aliphatic rings. The summed E-state index contributed by atoms with van der Waals surface area (Å²) in [5, 5.41) is 0. The molecule has 0 unspecified atom stereocenters. The third-order valence-corrected chi connectivity index (χ3v) is 6.44. The zero-order valence-electron chi connectivity index (χ0n) is 8.93. The first-order valence-electron chi connectivity index (χ1n) is 5.84. The van der Waals surface area contributed by atoms with Crippen LogP contribution in [0.3, 0.4) is 0 Å². The molecule has 0 atom stereocenters. The maximum Gasteiger partial charge on any atom is 0.0877 e. The van der Waals surface area contributed by atoms with Gasteiger partial charge < -0.3 is 4.57 Å². The summed E-state index contributed by atoms with van der Waals surface area (Å²) in [4.78, 5) is 0. The Balaban J connectivity index is 2.14. The summed E-state index contributed by atoms with van der Waals surface area (Å²) < 4.78 is 12.2. The lowest BCUT2D eigenvalue weighted by Gasteiger charge is -2.22. The largest absolute Gasteiger partial charge is 0.324 e. The molecule has 13 heavy (non-hydrogen) atoms. The van der Waals surface area contributed by atoms with Crippen LogP contribution in [-0.2, 0) is 4.57 Å². The monoisotopic (exact) mass is 202 g/mol. The highest BCUT2D eigenvalue weighted by Crippen LogP contribution is 2.50. The molecule has 1 fully saturated rings. The summed E-state index contributed by atoms with van der Waals surface area (Å²) in [6, 6.07) is 0. The number of hydrogen-bond acceptors (Lipinski definition) is 1. The molecule has 0 bridgehead atoms. The summed E-state index contributed by atoms with van der Waals surface area (Å²) in [5.41, 5.74) is 0. The van der Waals surface area contributed by atoms with E-state index in [2.05, 4.69) is 6.92 Å². The smallest absolute Gasteiger partial charge is 0.0877 e. The first kappa shape index (κ1) is 11.3. The van der Waals surface area contributed by atoms with E-state index >= 15 is 0 Å². The second-order valence-electron chi connectivity index (χ2n) is 4.35. The third-order valence-electron chi connectivity index (χ3n) is 3.05. The minimum Gasteiger partial charge on any atom is -0.324 e. The number of rotatable bonds is 5. The van der Waals surface area contributed by atoms with Gasteiger partial charge in [-0.2, -0.15) is 0 Å². The summed E-state index contributed by atoms with van der Waals surface area (Å²) in [7, 11) is -1.65. The average Bonchev–Trinajstić information content (AvgIpc) is 2.14. The Labute approximate surface area is 82.7 Å². The Kier molecular flexibility index (Phi) is 5.09. The van der Waals surface area contributed by atoms with Crippen molar-refractivity contribution in [2.75, 3.05) is 18.5 Å². The van der Waals surface area contributed by atoms with Gasteiger partial charge >= 0.3 is 0 Å². The molecule has 1 saturated heterocycles. The van der Waals surface area contributed by atoms with Crippen molar-refractivity contribution >= 4 is 7.14 Å². The minimum absolute atomic E-state index is 1.05. The van der Waals surface area contributed by atoms with Crippen LogP contribution in [-0.4, -0.2) is 18.5 Å². The predicted molar refractivity (Wildman–Crippen MR) is 60.2 cm³/mol. The van der Waals surface area contributed by atoms with E-state index < -0.39 is 7.14 Å². The van der Waals surface area contributed by atoms with Crippen LogP contribution in [0.5, 0.6) is 0 Å². The molecule has 1 aliphatic heterocycles. The first-order chi connectivity index (χ1) is 6.27. The van der Waals surface area contributed by atoms with E-state index in [-0.39, 0.29) is 0 Å². The first-order valence-corrected chi connectivity index (χ1v) is 8.10. The topological polar surface area (TPSA) is 17.1 Å². The molecular formula is C11H23OP. The predicted octanol–water partition coefficient (Wildman–Crippen LogP) is 4.11. The van der Waals surface area contributed by atoms with Gasteiger partial charge in [0.15, 0.2) is 0 Å². The Morgan fingerprint density at radius 3 is 2.31 bits per heavy atom. The molecule has 0 radical (unpaired) electrons. The lowest BCUT2D eigenvalue weighted by Crippen LogP contribution is -2.06. The Hall–Kier alpha value is 0.230. The Morgan fingerprint density at radius 2 is 1.69 bits per heavy atom. The zero-order chi connectivity index (χ0) is 9.57. The average molecular weight is 202 g/mol. The van der Waals surface area contributed by atoms with E-state index in [0.717, 1.165) is 18.5 Å². The number of hydrogen-bond donors (Lipinski definition) is 0. The standard InChI is InChI=1S/C11H23OP/c1-2-3-4-6-9-13(12)10-7-5-8-11-13/h2-11H2,1H3. The van der Waals surface area contributed by atoms with Crippen LogP contribution in [0, 0.1) is 0 Å². The van der Waals surface area contributed by atoms with Crippen LogP contribution in [0.25, 0.3) is 0 Å². The second-order valence-corrected chi connectivity index (χ2v) is 7.81. The van der Waals surface area contributed by atoms with Crippen LogP contribution in [0.15, 0.2) is 0 Å². The maximum atomic E-state index is 12.2. The highest BCUT2D eigenvalue weighted by atomic mass is 31.2. The van der Waals surface area contributed by atoms with Gasteiger partial charge in [-0.05, 0) is 19.3 Å². The molecule has 0 saturated carbocycles. The van der Waals surface area contributed by atoms with Crippen LogP contribution >= 0.6 is 7.14 Å². The maximum absolute atomic E-state index is 12.2.